The predicted octanol–water partition coefficient (Wildman–Crippen LogP) is 2.43. The quantitative estimate of drug-likeness (QED) is 0.607. The molecule has 0 aliphatic heterocycles. The summed E-state index contributed by atoms with van der Waals surface area (Å²) in [5.41, 5.74) is 0.723. The van der Waals surface area contributed by atoms with Crippen LogP contribution < -0.4 is 4.74 Å². The van der Waals surface area contributed by atoms with E-state index in [-0.39, 0.29) is 18.0 Å². The van der Waals surface area contributed by atoms with Crippen molar-refractivity contribution in [2.75, 3.05) is 0 Å². The Hall–Kier alpha value is -2.44. The molecule has 0 amide bonds. The van der Waals surface area contributed by atoms with E-state index in [9.17, 15) is 10.1 Å². The molecule has 0 aliphatic carbocycles. The fourth-order valence-corrected chi connectivity index (χ4v) is 1.52. The molecule has 0 unspecified atom stereocenters. The molecule has 0 aliphatic rings. The molecule has 7 nitrogen and oxygen atoms in total. The lowest BCUT2D eigenvalue weighted by Crippen LogP contribution is -1.99. The van der Waals surface area contributed by atoms with Crippen LogP contribution in [0, 0.1) is 17.0 Å². The summed E-state index contributed by atoms with van der Waals surface area (Å²) in [5, 5.41) is 18.5. The molecular formula is C12H13N3O4. The van der Waals surface area contributed by atoms with Crippen LogP contribution in [0.5, 0.6) is 5.75 Å². The number of hydrogen-bond donors (Lipinski definition) is 0. The third kappa shape index (κ3) is 3.06. The van der Waals surface area contributed by atoms with Crippen molar-refractivity contribution in [1.82, 2.24) is 10.2 Å². The topological polar surface area (TPSA) is 91.3 Å². The van der Waals surface area contributed by atoms with Gasteiger partial charge < -0.3 is 9.15 Å². The Balaban J connectivity index is 2.12. The Morgan fingerprint density at radius 2 is 2.11 bits per heavy atom. The van der Waals surface area contributed by atoms with Crippen molar-refractivity contribution in [3.8, 4) is 5.75 Å². The number of nitro benzene ring substituents is 1. The van der Waals surface area contributed by atoms with Gasteiger partial charge in [0.2, 0.25) is 5.89 Å². The Labute approximate surface area is 109 Å². The molecule has 0 saturated carbocycles. The summed E-state index contributed by atoms with van der Waals surface area (Å²) in [7, 11) is 0. The number of ether oxygens (including phenoxy) is 1. The lowest BCUT2D eigenvalue weighted by Gasteiger charge is -2.04. The summed E-state index contributed by atoms with van der Waals surface area (Å²) in [6, 6.07) is 4.76. The summed E-state index contributed by atoms with van der Waals surface area (Å²) in [6.45, 7) is 3.68. The minimum Gasteiger partial charge on any atom is -0.477 e. The molecule has 0 fully saturated rings. The molecule has 0 atom stereocenters. The van der Waals surface area contributed by atoms with Crippen LogP contribution in [-0.2, 0) is 13.0 Å². The van der Waals surface area contributed by atoms with Crippen molar-refractivity contribution < 1.29 is 14.1 Å². The van der Waals surface area contributed by atoms with Crippen molar-refractivity contribution in [2.24, 2.45) is 0 Å². The van der Waals surface area contributed by atoms with Crippen molar-refractivity contribution in [2.45, 2.75) is 26.9 Å². The number of rotatable bonds is 5. The van der Waals surface area contributed by atoms with Crippen molar-refractivity contribution in [1.29, 1.82) is 0 Å². The highest BCUT2D eigenvalue weighted by molar-refractivity contribution is 5.48. The van der Waals surface area contributed by atoms with Crippen LogP contribution in [-0.4, -0.2) is 15.1 Å². The zero-order chi connectivity index (χ0) is 13.8. The third-order valence-corrected chi connectivity index (χ3v) is 2.47. The van der Waals surface area contributed by atoms with E-state index in [2.05, 4.69) is 10.2 Å². The van der Waals surface area contributed by atoms with Crippen molar-refractivity contribution in [3.05, 3.63) is 45.7 Å². The smallest absolute Gasteiger partial charge is 0.311 e. The summed E-state index contributed by atoms with van der Waals surface area (Å²) < 4.78 is 10.6. The zero-order valence-electron chi connectivity index (χ0n) is 10.6. The standard InChI is InChI=1S/C12H13N3O4/c1-3-11-13-14-12(19-11)7-18-10-5-4-8(2)6-9(10)15(16)17/h4-6H,3,7H2,1-2H3. The fourth-order valence-electron chi connectivity index (χ4n) is 1.52. The minimum absolute atomic E-state index is 0.0108. The van der Waals surface area contributed by atoms with Crippen molar-refractivity contribution in [3.63, 3.8) is 0 Å². The second-order valence-corrected chi connectivity index (χ2v) is 3.96. The van der Waals surface area contributed by atoms with Crippen LogP contribution in [0.1, 0.15) is 24.3 Å². The molecule has 0 spiro atoms. The average Bonchev–Trinajstić information content (AvgIpc) is 2.85. The van der Waals surface area contributed by atoms with Crippen LogP contribution in [0.3, 0.4) is 0 Å². The highest BCUT2D eigenvalue weighted by atomic mass is 16.6. The van der Waals surface area contributed by atoms with Crippen LogP contribution in [0.4, 0.5) is 5.69 Å². The molecule has 2 aromatic rings. The highest BCUT2D eigenvalue weighted by Gasteiger charge is 2.16. The second-order valence-electron chi connectivity index (χ2n) is 3.96. The molecule has 0 radical (unpaired) electrons. The summed E-state index contributed by atoms with van der Waals surface area (Å²) in [4.78, 5) is 10.4. The van der Waals surface area contributed by atoms with E-state index in [1.165, 1.54) is 6.07 Å². The van der Waals surface area contributed by atoms with E-state index in [0.29, 0.717) is 18.2 Å². The van der Waals surface area contributed by atoms with Gasteiger partial charge >= 0.3 is 5.69 Å². The van der Waals surface area contributed by atoms with Crippen LogP contribution in [0.15, 0.2) is 22.6 Å². The molecule has 19 heavy (non-hydrogen) atoms. The first-order chi connectivity index (χ1) is 9.10. The average molecular weight is 263 g/mol. The number of hydrogen-bond acceptors (Lipinski definition) is 6. The normalized spacial score (nSPS) is 10.4. The molecule has 1 aromatic carbocycles. The molecule has 0 bridgehead atoms. The van der Waals surface area contributed by atoms with Gasteiger partial charge in [-0.25, -0.2) is 0 Å². The largest absolute Gasteiger partial charge is 0.477 e. The van der Waals surface area contributed by atoms with E-state index in [1.54, 1.807) is 19.1 Å². The lowest BCUT2D eigenvalue weighted by molar-refractivity contribution is -0.386. The second kappa shape index (κ2) is 5.47. The molecule has 7 heteroatoms. The molecule has 1 aromatic heterocycles. The van der Waals surface area contributed by atoms with Gasteiger partial charge in [0.1, 0.15) is 0 Å². The number of nitro groups is 1. The Bertz CT molecular complexity index is 594. The van der Waals surface area contributed by atoms with Gasteiger partial charge in [0.25, 0.3) is 5.89 Å². The number of aryl methyl sites for hydroxylation is 2. The van der Waals surface area contributed by atoms with Crippen LogP contribution >= 0.6 is 0 Å². The van der Waals surface area contributed by atoms with E-state index in [0.717, 1.165) is 5.56 Å². The van der Waals surface area contributed by atoms with Crippen molar-refractivity contribution >= 4 is 5.69 Å². The van der Waals surface area contributed by atoms with Gasteiger partial charge in [0.05, 0.1) is 4.92 Å². The van der Waals surface area contributed by atoms with Crippen LogP contribution in [0.25, 0.3) is 0 Å². The molecule has 0 saturated heterocycles. The Morgan fingerprint density at radius 1 is 1.37 bits per heavy atom. The number of benzene rings is 1. The van der Waals surface area contributed by atoms with Gasteiger partial charge in [-0.3, -0.25) is 10.1 Å². The SMILES string of the molecule is CCc1nnc(COc2ccc(C)cc2[N+](=O)[O-])o1. The molecular weight excluding hydrogens is 250 g/mol. The predicted molar refractivity (Wildman–Crippen MR) is 65.8 cm³/mol. The van der Waals surface area contributed by atoms with Gasteiger partial charge in [0, 0.05) is 12.5 Å². The minimum atomic E-state index is -0.479. The van der Waals surface area contributed by atoms with E-state index in [4.69, 9.17) is 9.15 Å². The number of nitrogens with zero attached hydrogens (tertiary/aromatic N) is 3. The molecule has 1 heterocycles. The summed E-state index contributed by atoms with van der Waals surface area (Å²) >= 11 is 0. The monoisotopic (exact) mass is 263 g/mol. The van der Waals surface area contributed by atoms with Crippen LogP contribution in [0.2, 0.25) is 0 Å². The Kier molecular flexibility index (Phi) is 3.74. The van der Waals surface area contributed by atoms with E-state index in [1.807, 2.05) is 6.92 Å². The fraction of sp³-hybridized carbons (Fsp3) is 0.333. The first-order valence-corrected chi connectivity index (χ1v) is 5.79. The highest BCUT2D eigenvalue weighted by Crippen LogP contribution is 2.28. The first kappa shape index (κ1) is 13.0. The summed E-state index contributed by atoms with van der Waals surface area (Å²) in [6.07, 6.45) is 0.637. The van der Waals surface area contributed by atoms with Gasteiger partial charge in [-0.15, -0.1) is 10.2 Å². The van der Waals surface area contributed by atoms with Gasteiger partial charge in [0.15, 0.2) is 12.4 Å². The summed E-state index contributed by atoms with van der Waals surface area (Å²) in [5.74, 6) is 0.996. The van der Waals surface area contributed by atoms with Gasteiger partial charge in [-0.1, -0.05) is 13.0 Å². The Morgan fingerprint density at radius 3 is 2.74 bits per heavy atom. The number of aromatic nitrogens is 2. The van der Waals surface area contributed by atoms with Gasteiger partial charge in [-0.2, -0.15) is 0 Å². The molecule has 2 rings (SSSR count). The maximum Gasteiger partial charge on any atom is 0.311 e. The molecule has 100 valence electrons. The van der Waals surface area contributed by atoms with E-state index < -0.39 is 4.92 Å². The maximum absolute atomic E-state index is 10.9. The molecule has 0 N–H and O–H groups in total. The lowest BCUT2D eigenvalue weighted by atomic mass is 10.2. The van der Waals surface area contributed by atoms with E-state index >= 15 is 0 Å². The third-order valence-electron chi connectivity index (χ3n) is 2.47. The zero-order valence-corrected chi connectivity index (χ0v) is 10.6. The maximum atomic E-state index is 10.9. The first-order valence-electron chi connectivity index (χ1n) is 5.79. The van der Waals surface area contributed by atoms with Gasteiger partial charge in [-0.05, 0) is 18.6 Å².